The van der Waals surface area contributed by atoms with Gasteiger partial charge in [0.25, 0.3) is 5.78 Å². The second-order valence-corrected chi connectivity index (χ2v) is 6.90. The molecule has 2 heterocycles. The average molecular weight is 407 g/mol. The van der Waals surface area contributed by atoms with Gasteiger partial charge in [-0.15, -0.1) is 0 Å². The van der Waals surface area contributed by atoms with E-state index >= 15 is 0 Å². The molecule has 2 aromatic carbocycles. The summed E-state index contributed by atoms with van der Waals surface area (Å²) in [4.78, 5) is 25.2. The third-order valence-corrected chi connectivity index (χ3v) is 5.04. The van der Waals surface area contributed by atoms with Crippen LogP contribution >= 0.6 is 0 Å². The molecule has 0 saturated carbocycles. The van der Waals surface area contributed by atoms with E-state index in [0.717, 1.165) is 11.1 Å². The van der Waals surface area contributed by atoms with Crippen molar-refractivity contribution in [2.45, 2.75) is 13.1 Å². The Labute approximate surface area is 170 Å². The lowest BCUT2D eigenvalue weighted by Crippen LogP contribution is -2.23. The van der Waals surface area contributed by atoms with Crippen molar-refractivity contribution >= 4 is 17.1 Å². The quantitative estimate of drug-likeness (QED) is 0.396. The maximum Gasteiger partial charge on any atom is 0.454 e. The van der Waals surface area contributed by atoms with Crippen molar-refractivity contribution in [2.24, 2.45) is 0 Å². The van der Waals surface area contributed by atoms with Crippen LogP contribution < -0.4 is 0 Å². The fourth-order valence-electron chi connectivity index (χ4n) is 3.62. The zero-order valence-electron chi connectivity index (χ0n) is 15.9. The Balaban J connectivity index is 1.81. The fraction of sp³-hybridized carbons (Fsp3) is 0.0833. The van der Waals surface area contributed by atoms with E-state index in [9.17, 15) is 22.8 Å². The molecule has 0 N–H and O–H groups in total. The number of fused-ring (bicyclic) bond motifs is 1. The monoisotopic (exact) mass is 407 g/mol. The van der Waals surface area contributed by atoms with Crippen molar-refractivity contribution in [2.75, 3.05) is 0 Å². The molecule has 0 aliphatic rings. The maximum absolute atomic E-state index is 13.2. The third kappa shape index (κ3) is 3.30. The van der Waals surface area contributed by atoms with E-state index in [1.54, 1.807) is 30.3 Å². The fourth-order valence-corrected chi connectivity index (χ4v) is 3.62. The molecule has 0 aliphatic carbocycles. The lowest BCUT2D eigenvalue weighted by atomic mass is 9.99. The molecule has 4 rings (SSSR count). The summed E-state index contributed by atoms with van der Waals surface area (Å²) in [5.41, 5.74) is 1.85. The topological polar surface area (TPSA) is 38.5 Å². The number of hydrogen-bond donors (Lipinski definition) is 0. The molecule has 30 heavy (non-hydrogen) atoms. The molecule has 0 unspecified atom stereocenters. The predicted molar refractivity (Wildman–Crippen MR) is 108 cm³/mol. The number of hydrogen-bond acceptors (Lipinski definition) is 2. The largest absolute Gasteiger partial charge is 0.454 e. The maximum atomic E-state index is 13.2. The minimum Gasteiger partial charge on any atom is -0.313 e. The summed E-state index contributed by atoms with van der Waals surface area (Å²) in [6.07, 6.45) is -3.54. The number of nitrogens with zero attached hydrogens (tertiary/aromatic N) is 1. The van der Waals surface area contributed by atoms with Crippen LogP contribution in [0.5, 0.6) is 0 Å². The number of ketones is 2. The molecule has 2 aromatic heterocycles. The van der Waals surface area contributed by atoms with E-state index in [2.05, 4.69) is 0 Å². The highest BCUT2D eigenvalue weighted by molar-refractivity contribution is 6.15. The van der Waals surface area contributed by atoms with Crippen LogP contribution in [0.1, 0.15) is 32.0 Å². The normalized spacial score (nSPS) is 11.6. The number of aromatic nitrogens is 1. The van der Waals surface area contributed by atoms with Gasteiger partial charge in [0.05, 0.1) is 16.8 Å². The van der Waals surface area contributed by atoms with Crippen molar-refractivity contribution in [3.63, 3.8) is 0 Å². The van der Waals surface area contributed by atoms with E-state index in [1.807, 2.05) is 30.3 Å². The highest BCUT2D eigenvalue weighted by Crippen LogP contribution is 2.31. The van der Waals surface area contributed by atoms with E-state index in [4.69, 9.17) is 0 Å². The summed E-state index contributed by atoms with van der Waals surface area (Å²) in [6, 6.07) is 21.0. The first kappa shape index (κ1) is 19.6. The summed E-state index contributed by atoms with van der Waals surface area (Å²) in [7, 11) is 0. The van der Waals surface area contributed by atoms with Gasteiger partial charge in [-0.25, -0.2) is 0 Å². The molecule has 0 amide bonds. The predicted octanol–water partition coefficient (Wildman–Crippen LogP) is 5.89. The zero-order valence-corrected chi connectivity index (χ0v) is 15.9. The molecule has 0 bridgehead atoms. The molecule has 0 spiro atoms. The molecule has 0 fully saturated rings. The van der Waals surface area contributed by atoms with Crippen LogP contribution in [-0.2, 0) is 0 Å². The van der Waals surface area contributed by atoms with Crippen LogP contribution in [0.2, 0.25) is 0 Å². The van der Waals surface area contributed by atoms with Gasteiger partial charge < -0.3 is 4.40 Å². The number of carbonyl (C=O) groups is 2. The van der Waals surface area contributed by atoms with E-state index in [1.165, 1.54) is 29.7 Å². The van der Waals surface area contributed by atoms with Crippen LogP contribution in [0, 0.1) is 6.92 Å². The Morgan fingerprint density at radius 1 is 0.800 bits per heavy atom. The molecule has 0 atom stereocenters. The number of rotatable bonds is 4. The number of carbonyl (C=O) groups excluding carboxylic acids is 2. The van der Waals surface area contributed by atoms with Crippen LogP contribution in [0.3, 0.4) is 0 Å². The molecular weight excluding hydrogens is 391 g/mol. The van der Waals surface area contributed by atoms with Gasteiger partial charge in [0, 0.05) is 11.8 Å². The minimum atomic E-state index is -5.03. The minimum absolute atomic E-state index is 0.0145. The van der Waals surface area contributed by atoms with Gasteiger partial charge in [-0.1, -0.05) is 60.7 Å². The summed E-state index contributed by atoms with van der Waals surface area (Å²) in [5, 5.41) is 0. The van der Waals surface area contributed by atoms with Crippen molar-refractivity contribution in [1.82, 2.24) is 4.40 Å². The average Bonchev–Trinajstić information content (AvgIpc) is 3.04. The van der Waals surface area contributed by atoms with Gasteiger partial charge >= 0.3 is 6.18 Å². The standard InChI is InChI=1S/C24H16F3NO2/c1-15-20(23(30)24(25,26)27)19-9-5-6-14-28(19)21(15)22(29)18-12-10-17(11-13-18)16-7-3-2-4-8-16/h2-14H,1H3. The van der Waals surface area contributed by atoms with Crippen molar-refractivity contribution in [1.29, 1.82) is 0 Å². The highest BCUT2D eigenvalue weighted by atomic mass is 19.4. The second-order valence-electron chi connectivity index (χ2n) is 6.90. The second kappa shape index (κ2) is 7.30. The first-order valence-corrected chi connectivity index (χ1v) is 9.20. The summed E-state index contributed by atoms with van der Waals surface area (Å²) in [6.45, 7) is 1.37. The highest BCUT2D eigenvalue weighted by Gasteiger charge is 2.42. The Bertz CT molecular complexity index is 1250. The van der Waals surface area contributed by atoms with E-state index in [-0.39, 0.29) is 16.8 Å². The molecule has 0 aliphatic heterocycles. The molecule has 3 nitrogen and oxygen atoms in total. The van der Waals surface area contributed by atoms with Gasteiger partial charge in [-0.05, 0) is 35.7 Å². The van der Waals surface area contributed by atoms with Gasteiger partial charge in [-0.2, -0.15) is 13.2 Å². The molecule has 0 radical (unpaired) electrons. The van der Waals surface area contributed by atoms with Crippen LogP contribution in [-0.4, -0.2) is 22.1 Å². The summed E-state index contributed by atoms with van der Waals surface area (Å²) < 4.78 is 40.8. The van der Waals surface area contributed by atoms with E-state index < -0.39 is 23.3 Å². The molecule has 4 aromatic rings. The Kier molecular flexibility index (Phi) is 4.78. The molecule has 150 valence electrons. The summed E-state index contributed by atoms with van der Waals surface area (Å²) in [5.74, 6) is -2.41. The Morgan fingerprint density at radius 3 is 2.03 bits per heavy atom. The van der Waals surface area contributed by atoms with Gasteiger partial charge in [0.1, 0.15) is 0 Å². The van der Waals surface area contributed by atoms with Gasteiger partial charge in [0.2, 0.25) is 5.78 Å². The molecule has 6 heteroatoms. The Morgan fingerprint density at radius 2 is 1.40 bits per heavy atom. The lowest BCUT2D eigenvalue weighted by Gasteiger charge is -2.06. The summed E-state index contributed by atoms with van der Waals surface area (Å²) >= 11 is 0. The molecule has 0 saturated heterocycles. The van der Waals surface area contributed by atoms with Gasteiger partial charge in [0.15, 0.2) is 0 Å². The number of benzene rings is 2. The molecular formula is C24H16F3NO2. The first-order chi connectivity index (χ1) is 14.3. The number of halogens is 3. The number of Topliss-reactive ketones (excluding diaryl/α,β-unsaturated/α-hetero) is 1. The van der Waals surface area contributed by atoms with Gasteiger partial charge in [-0.3, -0.25) is 9.59 Å². The number of alkyl halides is 3. The van der Waals surface area contributed by atoms with Crippen molar-refractivity contribution in [3.05, 3.63) is 101 Å². The van der Waals surface area contributed by atoms with E-state index in [0.29, 0.717) is 5.56 Å². The first-order valence-electron chi connectivity index (χ1n) is 9.20. The zero-order chi connectivity index (χ0) is 21.5. The lowest BCUT2D eigenvalue weighted by molar-refractivity contribution is -0.0884. The smallest absolute Gasteiger partial charge is 0.313 e. The van der Waals surface area contributed by atoms with Crippen LogP contribution in [0.25, 0.3) is 16.6 Å². The van der Waals surface area contributed by atoms with Crippen LogP contribution in [0.15, 0.2) is 79.0 Å². The Hall–Kier alpha value is -3.67. The SMILES string of the molecule is Cc1c(C(=O)C(F)(F)F)c2ccccn2c1C(=O)c1ccc(-c2ccccc2)cc1. The van der Waals surface area contributed by atoms with Crippen LogP contribution in [0.4, 0.5) is 13.2 Å². The third-order valence-electron chi connectivity index (χ3n) is 5.04. The van der Waals surface area contributed by atoms with Crippen molar-refractivity contribution < 1.29 is 22.8 Å². The number of pyridine rings is 1. The van der Waals surface area contributed by atoms with Crippen molar-refractivity contribution in [3.8, 4) is 11.1 Å².